The van der Waals surface area contributed by atoms with Gasteiger partial charge in [0.1, 0.15) is 5.78 Å². The number of hydrogen-bond donors (Lipinski definition) is 0. The second-order valence-corrected chi connectivity index (χ2v) is 5.78. The molecule has 1 aliphatic carbocycles. The van der Waals surface area contributed by atoms with Crippen molar-refractivity contribution in [2.75, 3.05) is 13.1 Å². The van der Waals surface area contributed by atoms with Crippen LogP contribution in [0.5, 0.6) is 0 Å². The Morgan fingerprint density at radius 2 is 1.90 bits per heavy atom. The van der Waals surface area contributed by atoms with E-state index in [1.165, 1.54) is 17.7 Å². The summed E-state index contributed by atoms with van der Waals surface area (Å²) in [7, 11) is 0. The number of ketones is 1. The van der Waals surface area contributed by atoms with Crippen LogP contribution in [-0.2, 0) is 17.5 Å². The Hall–Kier alpha value is -1.62. The van der Waals surface area contributed by atoms with Crippen LogP contribution >= 0.6 is 0 Å². The summed E-state index contributed by atoms with van der Waals surface area (Å²) in [4.78, 5) is 13.6. The fourth-order valence-corrected chi connectivity index (χ4v) is 3.09. The number of fused-ring (bicyclic) bond motifs is 1. The quantitative estimate of drug-likeness (QED) is 0.779. The first-order chi connectivity index (χ1) is 9.91. The number of carbonyl (C=O) groups is 1. The molecule has 1 heterocycles. The summed E-state index contributed by atoms with van der Waals surface area (Å²) < 4.78 is 37.5. The van der Waals surface area contributed by atoms with E-state index in [-0.39, 0.29) is 0 Å². The summed E-state index contributed by atoms with van der Waals surface area (Å²) in [6.45, 7) is 2.20. The second kappa shape index (κ2) is 5.30. The van der Waals surface area contributed by atoms with E-state index in [0.717, 1.165) is 30.8 Å². The molecule has 2 aliphatic rings. The van der Waals surface area contributed by atoms with Crippen LogP contribution in [0.4, 0.5) is 13.2 Å². The van der Waals surface area contributed by atoms with Crippen molar-refractivity contribution in [3.63, 3.8) is 0 Å². The van der Waals surface area contributed by atoms with Crippen molar-refractivity contribution >= 4 is 5.78 Å². The van der Waals surface area contributed by atoms with E-state index in [4.69, 9.17) is 0 Å². The number of carbonyl (C=O) groups excluding carboxylic acids is 1. The molecular weight excluding hydrogens is 279 g/mol. The van der Waals surface area contributed by atoms with Crippen molar-refractivity contribution in [3.05, 3.63) is 47.0 Å². The molecule has 0 amide bonds. The van der Waals surface area contributed by atoms with Gasteiger partial charge < -0.3 is 0 Å². The molecule has 1 fully saturated rings. The minimum Gasteiger partial charge on any atom is -0.299 e. The average molecular weight is 295 g/mol. The highest BCUT2D eigenvalue weighted by Gasteiger charge is 2.32. The zero-order valence-electron chi connectivity index (χ0n) is 11.5. The number of halogens is 3. The molecule has 2 nitrogen and oxygen atoms in total. The highest BCUT2D eigenvalue weighted by atomic mass is 19.4. The monoisotopic (exact) mass is 295 g/mol. The lowest BCUT2D eigenvalue weighted by Crippen LogP contribution is -2.32. The molecule has 112 valence electrons. The maximum absolute atomic E-state index is 12.5. The molecular formula is C16H16F3NO. The van der Waals surface area contributed by atoms with Gasteiger partial charge in [-0.05, 0) is 23.6 Å². The van der Waals surface area contributed by atoms with Gasteiger partial charge in [-0.2, -0.15) is 13.2 Å². The van der Waals surface area contributed by atoms with E-state index >= 15 is 0 Å². The average Bonchev–Trinajstić information content (AvgIpc) is 2.78. The van der Waals surface area contributed by atoms with Crippen LogP contribution < -0.4 is 0 Å². The first kappa shape index (κ1) is 14.3. The van der Waals surface area contributed by atoms with Crippen LogP contribution in [0, 0.1) is 5.92 Å². The maximum atomic E-state index is 12.5. The molecule has 21 heavy (non-hydrogen) atoms. The molecule has 1 aliphatic heterocycles. The van der Waals surface area contributed by atoms with E-state index < -0.39 is 11.7 Å². The lowest BCUT2D eigenvalue weighted by molar-refractivity contribution is -0.137. The molecule has 0 unspecified atom stereocenters. The Labute approximate surface area is 121 Å². The molecule has 1 aromatic carbocycles. The summed E-state index contributed by atoms with van der Waals surface area (Å²) in [6.07, 6.45) is -0.997. The Balaban J connectivity index is 1.64. The Morgan fingerprint density at radius 3 is 2.57 bits per heavy atom. The zero-order valence-corrected chi connectivity index (χ0v) is 11.5. The van der Waals surface area contributed by atoms with Crippen LogP contribution in [0.15, 0.2) is 35.9 Å². The van der Waals surface area contributed by atoms with Crippen LogP contribution in [0.1, 0.15) is 24.0 Å². The number of rotatable bonds is 2. The van der Waals surface area contributed by atoms with Crippen molar-refractivity contribution in [2.24, 2.45) is 5.92 Å². The van der Waals surface area contributed by atoms with Gasteiger partial charge in [-0.3, -0.25) is 9.69 Å². The van der Waals surface area contributed by atoms with Crippen molar-refractivity contribution in [2.45, 2.75) is 25.6 Å². The first-order valence-corrected chi connectivity index (χ1v) is 7.01. The normalized spacial score (nSPS) is 23.1. The molecule has 3 rings (SSSR count). The van der Waals surface area contributed by atoms with Crippen molar-refractivity contribution in [3.8, 4) is 0 Å². The topological polar surface area (TPSA) is 20.3 Å². The Kier molecular flexibility index (Phi) is 3.61. The fourth-order valence-electron chi connectivity index (χ4n) is 3.09. The van der Waals surface area contributed by atoms with Crippen LogP contribution in [-0.4, -0.2) is 23.8 Å². The molecule has 0 saturated heterocycles. The first-order valence-electron chi connectivity index (χ1n) is 7.01. The van der Waals surface area contributed by atoms with Crippen molar-refractivity contribution in [1.82, 2.24) is 4.90 Å². The molecule has 0 bridgehead atoms. The van der Waals surface area contributed by atoms with E-state index in [0.29, 0.717) is 31.1 Å². The third-order valence-electron chi connectivity index (χ3n) is 4.18. The van der Waals surface area contributed by atoms with E-state index in [1.54, 1.807) is 0 Å². The molecule has 5 heteroatoms. The standard InChI is InChI=1S/C16H16F3NO/c17-16(18,19)14-3-1-11(2-4-14)9-20-6-5-12-7-15(21)8-13(12)10-20/h1-5,13H,6-10H2/t13-/m1/s1. The lowest BCUT2D eigenvalue weighted by Gasteiger charge is -2.29. The number of nitrogens with zero attached hydrogens (tertiary/aromatic N) is 1. The predicted molar refractivity (Wildman–Crippen MR) is 72.5 cm³/mol. The predicted octanol–water partition coefficient (Wildman–Crippen LogP) is 3.43. The molecule has 0 spiro atoms. The van der Waals surface area contributed by atoms with Gasteiger partial charge in [0.2, 0.25) is 0 Å². The summed E-state index contributed by atoms with van der Waals surface area (Å²) in [5.74, 6) is 0.600. The van der Waals surface area contributed by atoms with Gasteiger partial charge in [-0.15, -0.1) is 0 Å². The minimum atomic E-state index is -4.29. The van der Waals surface area contributed by atoms with Gasteiger partial charge in [0.25, 0.3) is 0 Å². The van der Waals surface area contributed by atoms with Gasteiger partial charge in [0, 0.05) is 32.5 Å². The Morgan fingerprint density at radius 1 is 1.19 bits per heavy atom. The van der Waals surface area contributed by atoms with Gasteiger partial charge >= 0.3 is 6.18 Å². The number of hydrogen-bond acceptors (Lipinski definition) is 2. The van der Waals surface area contributed by atoms with Gasteiger partial charge in [-0.1, -0.05) is 23.8 Å². The summed E-state index contributed by atoms with van der Waals surface area (Å²) in [5, 5.41) is 0. The van der Waals surface area contributed by atoms with Crippen LogP contribution in [0.3, 0.4) is 0 Å². The molecule has 1 saturated carbocycles. The van der Waals surface area contributed by atoms with E-state index in [2.05, 4.69) is 11.0 Å². The largest absolute Gasteiger partial charge is 0.416 e. The maximum Gasteiger partial charge on any atom is 0.416 e. The molecule has 0 aromatic heterocycles. The lowest BCUT2D eigenvalue weighted by atomic mass is 9.98. The number of Topliss-reactive ketones (excluding diaryl/α,β-unsaturated/α-hetero) is 1. The smallest absolute Gasteiger partial charge is 0.299 e. The third kappa shape index (κ3) is 3.18. The SMILES string of the molecule is O=C1CC2=CCN(Cc3ccc(C(F)(F)F)cc3)C[C@H]2C1. The van der Waals surface area contributed by atoms with Crippen molar-refractivity contribution in [1.29, 1.82) is 0 Å². The fraction of sp³-hybridized carbons (Fsp3) is 0.438. The Bertz CT molecular complexity index is 574. The minimum absolute atomic E-state index is 0.294. The third-order valence-corrected chi connectivity index (χ3v) is 4.18. The summed E-state index contributed by atoms with van der Waals surface area (Å²) in [6, 6.07) is 5.31. The summed E-state index contributed by atoms with van der Waals surface area (Å²) >= 11 is 0. The molecule has 0 N–H and O–H groups in total. The summed E-state index contributed by atoms with van der Waals surface area (Å²) in [5.41, 5.74) is 1.49. The van der Waals surface area contributed by atoms with Gasteiger partial charge in [-0.25, -0.2) is 0 Å². The van der Waals surface area contributed by atoms with Gasteiger partial charge in [0.15, 0.2) is 0 Å². The van der Waals surface area contributed by atoms with Gasteiger partial charge in [0.05, 0.1) is 5.56 Å². The molecule has 1 atom stereocenters. The number of alkyl halides is 3. The van der Waals surface area contributed by atoms with Crippen LogP contribution in [0.25, 0.3) is 0 Å². The van der Waals surface area contributed by atoms with E-state index in [1.807, 2.05) is 0 Å². The zero-order chi connectivity index (χ0) is 15.0. The van der Waals surface area contributed by atoms with E-state index in [9.17, 15) is 18.0 Å². The number of benzene rings is 1. The molecule has 0 radical (unpaired) electrons. The van der Waals surface area contributed by atoms with Crippen molar-refractivity contribution < 1.29 is 18.0 Å². The highest BCUT2D eigenvalue weighted by Crippen LogP contribution is 2.33. The molecule has 1 aromatic rings. The second-order valence-electron chi connectivity index (χ2n) is 5.78. The van der Waals surface area contributed by atoms with Crippen LogP contribution in [0.2, 0.25) is 0 Å². The highest BCUT2D eigenvalue weighted by molar-refractivity contribution is 5.85.